The molecule has 3 heteroatoms. The molecule has 1 aliphatic heterocycles. The van der Waals surface area contributed by atoms with Crippen LogP contribution >= 0.6 is 0 Å². The minimum absolute atomic E-state index is 0.135. The fraction of sp³-hybridized carbons (Fsp3) is 0.917. The van der Waals surface area contributed by atoms with E-state index in [0.29, 0.717) is 12.1 Å². The second kappa shape index (κ2) is 5.99. The summed E-state index contributed by atoms with van der Waals surface area (Å²) in [5, 5.41) is 3.10. The number of carbonyl (C=O) groups excluding carboxylic acids is 1. The lowest BCUT2D eigenvalue weighted by Crippen LogP contribution is -2.50. The van der Waals surface area contributed by atoms with Crippen molar-refractivity contribution in [3.05, 3.63) is 0 Å². The number of hydrogen-bond acceptors (Lipinski definition) is 1. The molecule has 1 rings (SSSR count). The number of likely N-dealkylation sites (tertiary alicyclic amines) is 1. The van der Waals surface area contributed by atoms with Crippen molar-refractivity contribution in [2.75, 3.05) is 6.54 Å². The maximum atomic E-state index is 12.0. The molecule has 0 spiro atoms. The first-order valence-corrected chi connectivity index (χ1v) is 6.26. The predicted octanol–water partition coefficient (Wildman–Crippen LogP) is 2.76. The summed E-state index contributed by atoms with van der Waals surface area (Å²) >= 11 is 0. The van der Waals surface area contributed by atoms with E-state index in [0.717, 1.165) is 32.2 Å². The average molecular weight is 212 g/mol. The van der Waals surface area contributed by atoms with Crippen LogP contribution in [0.25, 0.3) is 0 Å². The minimum Gasteiger partial charge on any atom is -0.335 e. The van der Waals surface area contributed by atoms with Crippen LogP contribution in [-0.4, -0.2) is 29.6 Å². The minimum atomic E-state index is 0.135. The van der Waals surface area contributed by atoms with E-state index in [-0.39, 0.29) is 6.03 Å². The molecular formula is C12H24N2O. The van der Waals surface area contributed by atoms with Crippen LogP contribution in [0.3, 0.4) is 0 Å². The standard InChI is InChI=1S/C12H24N2O/c1-4-11(5-2)13-12(15)14-9-7-6-8-10(14)3/h10-11H,4-9H2,1-3H3,(H,13,15). The Kier molecular flexibility index (Phi) is 4.92. The molecule has 0 aromatic rings. The van der Waals surface area contributed by atoms with Gasteiger partial charge in [-0.2, -0.15) is 0 Å². The summed E-state index contributed by atoms with van der Waals surface area (Å²) in [6, 6.07) is 0.885. The third kappa shape index (κ3) is 3.40. The van der Waals surface area contributed by atoms with E-state index in [2.05, 4.69) is 26.1 Å². The second-order valence-corrected chi connectivity index (χ2v) is 4.50. The van der Waals surface area contributed by atoms with E-state index in [1.165, 1.54) is 6.42 Å². The average Bonchev–Trinajstić information content (AvgIpc) is 2.26. The van der Waals surface area contributed by atoms with Gasteiger partial charge in [0.15, 0.2) is 0 Å². The Morgan fingerprint density at radius 1 is 1.40 bits per heavy atom. The fourth-order valence-corrected chi connectivity index (χ4v) is 2.15. The van der Waals surface area contributed by atoms with E-state index in [4.69, 9.17) is 0 Å². The van der Waals surface area contributed by atoms with Crippen LogP contribution in [0.4, 0.5) is 4.79 Å². The number of nitrogens with one attached hydrogen (secondary N) is 1. The van der Waals surface area contributed by atoms with Crippen molar-refractivity contribution in [3.8, 4) is 0 Å². The van der Waals surface area contributed by atoms with Crippen molar-refractivity contribution in [2.45, 2.75) is 65.0 Å². The summed E-state index contributed by atoms with van der Waals surface area (Å²) < 4.78 is 0. The van der Waals surface area contributed by atoms with Crippen molar-refractivity contribution in [1.29, 1.82) is 0 Å². The van der Waals surface area contributed by atoms with Crippen molar-refractivity contribution in [2.24, 2.45) is 0 Å². The van der Waals surface area contributed by atoms with Gasteiger partial charge in [0.2, 0.25) is 0 Å². The zero-order chi connectivity index (χ0) is 11.3. The van der Waals surface area contributed by atoms with Gasteiger partial charge in [0, 0.05) is 18.6 Å². The number of nitrogens with zero attached hydrogens (tertiary/aromatic N) is 1. The van der Waals surface area contributed by atoms with Crippen LogP contribution in [-0.2, 0) is 0 Å². The molecule has 1 N–H and O–H groups in total. The molecule has 2 amide bonds. The Morgan fingerprint density at radius 3 is 2.60 bits per heavy atom. The van der Waals surface area contributed by atoms with E-state index < -0.39 is 0 Å². The highest BCUT2D eigenvalue weighted by Crippen LogP contribution is 2.16. The van der Waals surface area contributed by atoms with Gasteiger partial charge in [-0.05, 0) is 39.0 Å². The zero-order valence-corrected chi connectivity index (χ0v) is 10.3. The van der Waals surface area contributed by atoms with Crippen LogP contribution < -0.4 is 5.32 Å². The van der Waals surface area contributed by atoms with Crippen molar-refractivity contribution in [3.63, 3.8) is 0 Å². The highest BCUT2D eigenvalue weighted by molar-refractivity contribution is 5.74. The lowest BCUT2D eigenvalue weighted by Gasteiger charge is -2.34. The number of hydrogen-bond donors (Lipinski definition) is 1. The number of amides is 2. The molecule has 0 bridgehead atoms. The Morgan fingerprint density at radius 2 is 2.07 bits per heavy atom. The predicted molar refractivity (Wildman–Crippen MR) is 62.9 cm³/mol. The lowest BCUT2D eigenvalue weighted by atomic mass is 10.0. The van der Waals surface area contributed by atoms with Gasteiger partial charge in [-0.1, -0.05) is 13.8 Å². The maximum Gasteiger partial charge on any atom is 0.317 e. The van der Waals surface area contributed by atoms with Gasteiger partial charge in [-0.3, -0.25) is 0 Å². The number of rotatable bonds is 3. The van der Waals surface area contributed by atoms with Crippen LogP contribution in [0.1, 0.15) is 52.9 Å². The Labute approximate surface area is 93.2 Å². The van der Waals surface area contributed by atoms with Crippen LogP contribution in [0.5, 0.6) is 0 Å². The highest BCUT2D eigenvalue weighted by atomic mass is 16.2. The van der Waals surface area contributed by atoms with Gasteiger partial charge >= 0.3 is 6.03 Å². The molecule has 88 valence electrons. The van der Waals surface area contributed by atoms with Gasteiger partial charge < -0.3 is 10.2 Å². The second-order valence-electron chi connectivity index (χ2n) is 4.50. The summed E-state index contributed by atoms with van der Waals surface area (Å²) in [6.45, 7) is 7.31. The zero-order valence-electron chi connectivity index (χ0n) is 10.3. The first-order chi connectivity index (χ1) is 7.19. The largest absolute Gasteiger partial charge is 0.335 e. The number of carbonyl (C=O) groups is 1. The maximum absolute atomic E-state index is 12.0. The Bertz CT molecular complexity index is 202. The van der Waals surface area contributed by atoms with Crippen LogP contribution in [0, 0.1) is 0 Å². The molecule has 0 aromatic heterocycles. The summed E-state index contributed by atoms with van der Waals surface area (Å²) in [7, 11) is 0. The van der Waals surface area contributed by atoms with Gasteiger partial charge in [0.05, 0.1) is 0 Å². The molecule has 0 saturated carbocycles. The fourth-order valence-electron chi connectivity index (χ4n) is 2.15. The molecule has 1 atom stereocenters. The molecule has 1 fully saturated rings. The summed E-state index contributed by atoms with van der Waals surface area (Å²) in [6.07, 6.45) is 5.60. The lowest BCUT2D eigenvalue weighted by molar-refractivity contribution is 0.154. The van der Waals surface area contributed by atoms with E-state index in [1.807, 2.05) is 4.90 Å². The van der Waals surface area contributed by atoms with Crippen LogP contribution in [0.2, 0.25) is 0 Å². The van der Waals surface area contributed by atoms with Crippen molar-refractivity contribution >= 4 is 6.03 Å². The molecule has 0 aromatic carbocycles. The molecule has 0 aliphatic carbocycles. The quantitative estimate of drug-likeness (QED) is 0.766. The van der Waals surface area contributed by atoms with Gasteiger partial charge in [-0.25, -0.2) is 4.79 Å². The third-order valence-corrected chi connectivity index (χ3v) is 3.38. The highest BCUT2D eigenvalue weighted by Gasteiger charge is 2.23. The van der Waals surface area contributed by atoms with Crippen LogP contribution in [0.15, 0.2) is 0 Å². The summed E-state index contributed by atoms with van der Waals surface area (Å²) in [5.74, 6) is 0. The Hall–Kier alpha value is -0.730. The Balaban J connectivity index is 2.44. The van der Waals surface area contributed by atoms with Crippen molar-refractivity contribution < 1.29 is 4.79 Å². The summed E-state index contributed by atoms with van der Waals surface area (Å²) in [5.41, 5.74) is 0. The topological polar surface area (TPSA) is 32.3 Å². The molecule has 3 nitrogen and oxygen atoms in total. The van der Waals surface area contributed by atoms with E-state index in [1.54, 1.807) is 0 Å². The molecule has 15 heavy (non-hydrogen) atoms. The first-order valence-electron chi connectivity index (χ1n) is 6.26. The first kappa shape index (κ1) is 12.3. The third-order valence-electron chi connectivity index (χ3n) is 3.38. The van der Waals surface area contributed by atoms with Gasteiger partial charge in [-0.15, -0.1) is 0 Å². The van der Waals surface area contributed by atoms with E-state index >= 15 is 0 Å². The van der Waals surface area contributed by atoms with Crippen molar-refractivity contribution in [1.82, 2.24) is 10.2 Å². The molecule has 1 unspecified atom stereocenters. The molecular weight excluding hydrogens is 188 g/mol. The van der Waals surface area contributed by atoms with Gasteiger partial charge in [0.25, 0.3) is 0 Å². The monoisotopic (exact) mass is 212 g/mol. The molecule has 1 saturated heterocycles. The SMILES string of the molecule is CCC(CC)NC(=O)N1CCCCC1C. The molecule has 1 aliphatic rings. The smallest absolute Gasteiger partial charge is 0.317 e. The molecule has 1 heterocycles. The van der Waals surface area contributed by atoms with Gasteiger partial charge in [0.1, 0.15) is 0 Å². The normalized spacial score (nSPS) is 21.9. The van der Waals surface area contributed by atoms with E-state index in [9.17, 15) is 4.79 Å². The number of urea groups is 1. The summed E-state index contributed by atoms with van der Waals surface area (Å²) in [4.78, 5) is 13.9. The molecule has 0 radical (unpaired) electrons. The number of piperidine rings is 1.